The van der Waals surface area contributed by atoms with Gasteiger partial charge in [-0.1, -0.05) is 42.0 Å². The number of likely N-dealkylation sites (tertiary alicyclic amines) is 1. The van der Waals surface area contributed by atoms with Crippen LogP contribution in [-0.2, 0) is 0 Å². The molecule has 1 fully saturated rings. The summed E-state index contributed by atoms with van der Waals surface area (Å²) in [7, 11) is 4.35. The highest BCUT2D eigenvalue weighted by Gasteiger charge is 2.22. The molecule has 18 heavy (non-hydrogen) atoms. The minimum Gasteiger partial charge on any atom is -0.305 e. The lowest BCUT2D eigenvalue weighted by molar-refractivity contribution is 0.280. The normalized spacial score (nSPS) is 21.2. The van der Waals surface area contributed by atoms with Crippen molar-refractivity contribution in [3.63, 3.8) is 0 Å². The van der Waals surface area contributed by atoms with E-state index in [1.165, 1.54) is 30.6 Å². The highest BCUT2D eigenvalue weighted by molar-refractivity contribution is 5.49. The Balaban J connectivity index is 1.80. The number of aryl methyl sites for hydroxylation is 1. The van der Waals surface area contributed by atoms with E-state index in [0.717, 1.165) is 12.6 Å². The van der Waals surface area contributed by atoms with Crippen LogP contribution in [-0.4, -0.2) is 49.6 Å². The topological polar surface area (TPSA) is 6.48 Å². The van der Waals surface area contributed by atoms with Crippen molar-refractivity contribution in [2.24, 2.45) is 0 Å². The van der Waals surface area contributed by atoms with E-state index in [-0.39, 0.29) is 0 Å². The van der Waals surface area contributed by atoms with Crippen LogP contribution in [0, 0.1) is 6.92 Å². The van der Waals surface area contributed by atoms with Crippen LogP contribution < -0.4 is 0 Å². The fourth-order valence-corrected chi connectivity index (χ4v) is 2.41. The predicted molar refractivity (Wildman–Crippen MR) is 78.7 cm³/mol. The molecule has 0 saturated carbocycles. The van der Waals surface area contributed by atoms with Crippen molar-refractivity contribution in [2.75, 3.05) is 33.7 Å². The molecule has 0 aromatic heterocycles. The molecule has 1 unspecified atom stereocenters. The van der Waals surface area contributed by atoms with Gasteiger partial charge in [0.2, 0.25) is 0 Å². The zero-order chi connectivity index (χ0) is 13.0. The summed E-state index contributed by atoms with van der Waals surface area (Å²) >= 11 is 0. The van der Waals surface area contributed by atoms with Gasteiger partial charge in [-0.2, -0.15) is 0 Å². The van der Waals surface area contributed by atoms with Gasteiger partial charge in [0.15, 0.2) is 0 Å². The van der Waals surface area contributed by atoms with Crippen LogP contribution in [0.2, 0.25) is 0 Å². The first kappa shape index (κ1) is 13.3. The van der Waals surface area contributed by atoms with Gasteiger partial charge in [-0.3, -0.25) is 4.90 Å². The second-order valence-corrected chi connectivity index (χ2v) is 5.48. The molecule has 0 N–H and O–H groups in total. The lowest BCUT2D eigenvalue weighted by Gasteiger charge is -2.19. The van der Waals surface area contributed by atoms with E-state index < -0.39 is 0 Å². The van der Waals surface area contributed by atoms with Gasteiger partial charge in [0.05, 0.1) is 0 Å². The van der Waals surface area contributed by atoms with E-state index >= 15 is 0 Å². The van der Waals surface area contributed by atoms with Crippen molar-refractivity contribution in [3.8, 4) is 0 Å². The van der Waals surface area contributed by atoms with Gasteiger partial charge in [-0.05, 0) is 33.0 Å². The van der Waals surface area contributed by atoms with Gasteiger partial charge in [0.25, 0.3) is 0 Å². The minimum absolute atomic E-state index is 0.734. The smallest absolute Gasteiger partial charge is 0.0229 e. The zero-order valence-corrected chi connectivity index (χ0v) is 11.8. The fourth-order valence-electron chi connectivity index (χ4n) is 2.41. The summed E-state index contributed by atoms with van der Waals surface area (Å²) in [4.78, 5) is 4.86. The number of hydrogen-bond donors (Lipinski definition) is 0. The van der Waals surface area contributed by atoms with Crippen LogP contribution in [0.4, 0.5) is 0 Å². The lowest BCUT2D eigenvalue weighted by Crippen LogP contribution is -2.31. The average Bonchev–Trinajstić information content (AvgIpc) is 2.81. The maximum Gasteiger partial charge on any atom is 0.0229 e. The van der Waals surface area contributed by atoms with Crippen molar-refractivity contribution in [2.45, 2.75) is 19.4 Å². The van der Waals surface area contributed by atoms with Gasteiger partial charge in [-0.25, -0.2) is 0 Å². The Morgan fingerprint density at radius 3 is 2.61 bits per heavy atom. The third kappa shape index (κ3) is 3.69. The molecule has 1 aliphatic rings. The molecule has 0 spiro atoms. The summed E-state index contributed by atoms with van der Waals surface area (Å²) in [6.45, 7) is 5.61. The van der Waals surface area contributed by atoms with Crippen molar-refractivity contribution in [1.82, 2.24) is 9.80 Å². The predicted octanol–water partition coefficient (Wildman–Crippen LogP) is 2.64. The molecular formula is C16H24N2. The number of likely N-dealkylation sites (N-methyl/N-ethyl adjacent to an activating group) is 1. The van der Waals surface area contributed by atoms with Crippen molar-refractivity contribution < 1.29 is 0 Å². The Hall–Kier alpha value is -1.12. The Morgan fingerprint density at radius 2 is 2.00 bits per heavy atom. The third-order valence-electron chi connectivity index (χ3n) is 3.73. The molecule has 2 nitrogen and oxygen atoms in total. The molecule has 1 saturated heterocycles. The van der Waals surface area contributed by atoms with Gasteiger partial charge in [0.1, 0.15) is 0 Å². The quantitative estimate of drug-likeness (QED) is 0.803. The Labute approximate surface area is 111 Å². The Morgan fingerprint density at radius 1 is 1.28 bits per heavy atom. The maximum absolute atomic E-state index is 2.52. The summed E-state index contributed by atoms with van der Waals surface area (Å²) in [6.07, 6.45) is 5.80. The molecule has 1 aliphatic heterocycles. The highest BCUT2D eigenvalue weighted by atomic mass is 15.2. The molecule has 1 aromatic carbocycles. The monoisotopic (exact) mass is 244 g/mol. The number of rotatable bonds is 4. The van der Waals surface area contributed by atoms with Crippen LogP contribution >= 0.6 is 0 Å². The molecule has 0 amide bonds. The SMILES string of the molecule is Cc1ccc(/C=C/CN2CCC(N(C)C)C2)cc1. The fraction of sp³-hybridized carbons (Fsp3) is 0.500. The minimum atomic E-state index is 0.734. The summed E-state index contributed by atoms with van der Waals surface area (Å²) < 4.78 is 0. The van der Waals surface area contributed by atoms with Gasteiger partial charge < -0.3 is 4.90 Å². The van der Waals surface area contributed by atoms with Gasteiger partial charge in [0, 0.05) is 25.7 Å². The summed E-state index contributed by atoms with van der Waals surface area (Å²) in [6, 6.07) is 9.42. The zero-order valence-electron chi connectivity index (χ0n) is 11.8. The molecule has 2 rings (SSSR count). The van der Waals surface area contributed by atoms with E-state index in [1.807, 2.05) is 0 Å². The molecule has 1 aromatic rings. The standard InChI is InChI=1S/C16H24N2/c1-14-6-8-15(9-7-14)5-4-11-18-12-10-16(13-18)17(2)3/h4-9,16H,10-13H2,1-3H3/b5-4+. The van der Waals surface area contributed by atoms with Crippen molar-refractivity contribution in [3.05, 3.63) is 41.5 Å². The summed E-state index contributed by atoms with van der Waals surface area (Å²) in [5.41, 5.74) is 2.62. The largest absolute Gasteiger partial charge is 0.305 e. The second-order valence-electron chi connectivity index (χ2n) is 5.48. The summed E-state index contributed by atoms with van der Waals surface area (Å²) in [5, 5.41) is 0. The molecule has 2 heteroatoms. The lowest BCUT2D eigenvalue weighted by atomic mass is 10.1. The van der Waals surface area contributed by atoms with Crippen molar-refractivity contribution in [1.29, 1.82) is 0 Å². The van der Waals surface area contributed by atoms with Crippen LogP contribution in [0.15, 0.2) is 30.3 Å². The van der Waals surface area contributed by atoms with Gasteiger partial charge in [-0.15, -0.1) is 0 Å². The molecule has 1 heterocycles. The molecule has 1 atom stereocenters. The maximum atomic E-state index is 2.52. The van der Waals surface area contributed by atoms with E-state index in [4.69, 9.17) is 0 Å². The first-order valence-electron chi connectivity index (χ1n) is 6.77. The van der Waals surface area contributed by atoms with Crippen LogP contribution in [0.3, 0.4) is 0 Å². The average molecular weight is 244 g/mol. The molecule has 0 radical (unpaired) electrons. The first-order chi connectivity index (χ1) is 8.65. The Kier molecular flexibility index (Phi) is 4.56. The molecule has 0 aliphatic carbocycles. The first-order valence-corrected chi connectivity index (χ1v) is 6.77. The molecular weight excluding hydrogens is 220 g/mol. The Bertz CT molecular complexity index is 392. The van der Waals surface area contributed by atoms with Crippen molar-refractivity contribution >= 4 is 6.08 Å². The van der Waals surface area contributed by atoms with E-state index in [2.05, 4.69) is 67.2 Å². The number of benzene rings is 1. The van der Waals surface area contributed by atoms with Crippen LogP contribution in [0.1, 0.15) is 17.5 Å². The van der Waals surface area contributed by atoms with Crippen LogP contribution in [0.25, 0.3) is 6.08 Å². The third-order valence-corrected chi connectivity index (χ3v) is 3.73. The van der Waals surface area contributed by atoms with Gasteiger partial charge >= 0.3 is 0 Å². The number of hydrogen-bond acceptors (Lipinski definition) is 2. The van der Waals surface area contributed by atoms with E-state index in [9.17, 15) is 0 Å². The molecule has 98 valence electrons. The molecule has 0 bridgehead atoms. The highest BCUT2D eigenvalue weighted by Crippen LogP contribution is 2.13. The van der Waals surface area contributed by atoms with E-state index in [1.54, 1.807) is 0 Å². The second kappa shape index (κ2) is 6.17. The number of nitrogens with zero attached hydrogens (tertiary/aromatic N) is 2. The summed E-state index contributed by atoms with van der Waals surface area (Å²) in [5.74, 6) is 0. The van der Waals surface area contributed by atoms with E-state index in [0.29, 0.717) is 0 Å². The van der Waals surface area contributed by atoms with Crippen LogP contribution in [0.5, 0.6) is 0 Å².